The van der Waals surface area contributed by atoms with Crippen LogP contribution in [-0.4, -0.2) is 40.3 Å². The van der Waals surface area contributed by atoms with E-state index in [1.54, 1.807) is 0 Å². The van der Waals surface area contributed by atoms with Gasteiger partial charge in [-0.3, -0.25) is 5.10 Å². The largest absolute Gasteiger partial charge is 0.323 e. The molecule has 2 amide bonds. The molecule has 6 heteroatoms. The first kappa shape index (κ1) is 18.2. The molecule has 0 aliphatic carbocycles. The van der Waals surface area contributed by atoms with E-state index < -0.39 is 0 Å². The van der Waals surface area contributed by atoms with Crippen molar-refractivity contribution in [3.63, 3.8) is 0 Å². The van der Waals surface area contributed by atoms with Crippen LogP contribution in [0.15, 0.2) is 48.5 Å². The lowest BCUT2D eigenvalue weighted by Crippen LogP contribution is -2.44. The third-order valence-electron chi connectivity index (χ3n) is 6.34. The lowest BCUT2D eigenvalue weighted by atomic mass is 9.83. The molecule has 2 fully saturated rings. The number of fused-ring (bicyclic) bond motifs is 2. The van der Waals surface area contributed by atoms with E-state index in [0.29, 0.717) is 12.0 Å². The SMILES string of the molecule is O=C(Nc1ccccc1)Nc1ccc2[nH]nc(C3CCN4CCCCC4C3)c2c1. The van der Waals surface area contributed by atoms with Crippen LogP contribution in [0.25, 0.3) is 10.9 Å². The molecule has 2 aliphatic rings. The van der Waals surface area contributed by atoms with E-state index in [9.17, 15) is 4.79 Å². The highest BCUT2D eigenvalue weighted by molar-refractivity contribution is 6.01. The van der Waals surface area contributed by atoms with Crippen molar-refractivity contribution >= 4 is 28.3 Å². The number of H-pyrrole nitrogens is 1. The van der Waals surface area contributed by atoms with E-state index in [-0.39, 0.29) is 6.03 Å². The Labute approximate surface area is 170 Å². The van der Waals surface area contributed by atoms with E-state index in [1.165, 1.54) is 38.8 Å². The van der Waals surface area contributed by atoms with Crippen molar-refractivity contribution in [3.8, 4) is 0 Å². The van der Waals surface area contributed by atoms with Crippen LogP contribution in [0.1, 0.15) is 43.7 Å². The molecule has 5 rings (SSSR count). The standard InChI is InChI=1S/C23H27N5O/c29-23(24-17-6-2-1-3-7-17)25-18-9-10-21-20(15-18)22(27-26-21)16-11-13-28-12-5-4-8-19(28)14-16/h1-3,6-7,9-10,15-16,19H,4-5,8,11-14H2,(H,26,27)(H2,24,25,29). The van der Waals surface area contributed by atoms with Gasteiger partial charge in [-0.2, -0.15) is 5.10 Å². The number of urea groups is 1. The van der Waals surface area contributed by atoms with Gasteiger partial charge in [0.25, 0.3) is 0 Å². The number of aromatic nitrogens is 2. The highest BCUT2D eigenvalue weighted by Crippen LogP contribution is 2.37. The number of carbonyl (C=O) groups excluding carboxylic acids is 1. The van der Waals surface area contributed by atoms with Crippen LogP contribution in [0, 0.1) is 0 Å². The normalized spacial score (nSPS) is 22.2. The summed E-state index contributed by atoms with van der Waals surface area (Å²) in [7, 11) is 0. The maximum Gasteiger partial charge on any atom is 0.323 e. The van der Waals surface area contributed by atoms with Gasteiger partial charge < -0.3 is 15.5 Å². The van der Waals surface area contributed by atoms with Gasteiger partial charge in [0.1, 0.15) is 0 Å². The molecule has 3 heterocycles. The van der Waals surface area contributed by atoms with Gasteiger partial charge in [0.2, 0.25) is 0 Å². The summed E-state index contributed by atoms with van der Waals surface area (Å²) < 4.78 is 0. The van der Waals surface area contributed by atoms with Crippen LogP contribution >= 0.6 is 0 Å². The topological polar surface area (TPSA) is 73.0 Å². The molecule has 3 aromatic rings. The van der Waals surface area contributed by atoms with Crippen LogP contribution in [0.4, 0.5) is 16.2 Å². The van der Waals surface area contributed by atoms with E-state index >= 15 is 0 Å². The number of hydrogen-bond donors (Lipinski definition) is 3. The van der Waals surface area contributed by atoms with Gasteiger partial charge in [-0.1, -0.05) is 24.6 Å². The first-order chi connectivity index (χ1) is 14.3. The van der Waals surface area contributed by atoms with Gasteiger partial charge in [-0.15, -0.1) is 0 Å². The average molecular weight is 390 g/mol. The number of benzene rings is 2. The zero-order chi connectivity index (χ0) is 19.6. The fourth-order valence-corrected chi connectivity index (χ4v) is 4.88. The van der Waals surface area contributed by atoms with E-state index in [2.05, 4.69) is 25.7 Å². The number of anilines is 2. The number of carbonyl (C=O) groups is 1. The molecule has 2 atom stereocenters. The smallest absolute Gasteiger partial charge is 0.308 e. The van der Waals surface area contributed by atoms with Gasteiger partial charge >= 0.3 is 6.03 Å². The van der Waals surface area contributed by atoms with Gasteiger partial charge in [0, 0.05) is 28.7 Å². The van der Waals surface area contributed by atoms with Crippen LogP contribution in [0.2, 0.25) is 0 Å². The number of rotatable bonds is 3. The number of piperidine rings is 2. The minimum atomic E-state index is -0.240. The van der Waals surface area contributed by atoms with Crippen molar-refractivity contribution in [1.82, 2.24) is 15.1 Å². The third kappa shape index (κ3) is 3.85. The summed E-state index contributed by atoms with van der Waals surface area (Å²) in [4.78, 5) is 15.0. The Balaban J connectivity index is 1.33. The number of nitrogens with one attached hydrogen (secondary N) is 3. The van der Waals surface area contributed by atoms with Gasteiger partial charge in [-0.25, -0.2) is 4.79 Å². The van der Waals surface area contributed by atoms with E-state index in [1.807, 2.05) is 48.5 Å². The molecule has 3 N–H and O–H groups in total. The second-order valence-electron chi connectivity index (χ2n) is 8.22. The van der Waals surface area contributed by atoms with Crippen LogP contribution in [-0.2, 0) is 0 Å². The van der Waals surface area contributed by atoms with Crippen LogP contribution in [0.3, 0.4) is 0 Å². The van der Waals surface area contributed by atoms with Crippen molar-refractivity contribution in [2.75, 3.05) is 23.7 Å². The Kier molecular flexibility index (Phi) is 4.94. The highest BCUT2D eigenvalue weighted by atomic mass is 16.2. The fourth-order valence-electron chi connectivity index (χ4n) is 4.88. The molecule has 2 aromatic carbocycles. The van der Waals surface area contributed by atoms with Crippen LogP contribution in [0.5, 0.6) is 0 Å². The number of aromatic amines is 1. The number of hydrogen-bond acceptors (Lipinski definition) is 3. The monoisotopic (exact) mass is 389 g/mol. The first-order valence-electron chi connectivity index (χ1n) is 10.6. The average Bonchev–Trinajstić information content (AvgIpc) is 3.17. The minimum absolute atomic E-state index is 0.240. The number of nitrogens with zero attached hydrogens (tertiary/aromatic N) is 2. The maximum atomic E-state index is 12.3. The molecule has 150 valence electrons. The van der Waals surface area contributed by atoms with Crippen molar-refractivity contribution in [3.05, 3.63) is 54.2 Å². The molecule has 0 bridgehead atoms. The predicted octanol–water partition coefficient (Wildman–Crippen LogP) is 4.94. The Morgan fingerprint density at radius 1 is 1.00 bits per heavy atom. The van der Waals surface area contributed by atoms with Crippen molar-refractivity contribution in [2.24, 2.45) is 0 Å². The molecule has 2 saturated heterocycles. The molecular weight excluding hydrogens is 362 g/mol. The van der Waals surface area contributed by atoms with Crippen molar-refractivity contribution in [2.45, 2.75) is 44.1 Å². The minimum Gasteiger partial charge on any atom is -0.308 e. The molecule has 1 aromatic heterocycles. The maximum absolute atomic E-state index is 12.3. The molecule has 6 nitrogen and oxygen atoms in total. The molecule has 0 radical (unpaired) electrons. The second-order valence-corrected chi connectivity index (χ2v) is 8.22. The zero-order valence-electron chi connectivity index (χ0n) is 16.5. The molecule has 0 spiro atoms. The molecule has 0 saturated carbocycles. The lowest BCUT2D eigenvalue weighted by molar-refractivity contribution is 0.0968. The summed E-state index contributed by atoms with van der Waals surface area (Å²) in [6, 6.07) is 15.9. The van der Waals surface area contributed by atoms with Crippen molar-refractivity contribution in [1.29, 1.82) is 0 Å². The Morgan fingerprint density at radius 3 is 2.76 bits per heavy atom. The summed E-state index contributed by atoms with van der Waals surface area (Å²) in [5, 5.41) is 14.8. The Bertz CT molecular complexity index is 999. The van der Waals surface area contributed by atoms with Crippen molar-refractivity contribution < 1.29 is 4.79 Å². The third-order valence-corrected chi connectivity index (χ3v) is 6.34. The number of para-hydroxylation sites is 1. The van der Waals surface area contributed by atoms with E-state index in [0.717, 1.165) is 34.4 Å². The molecular formula is C23H27N5O. The molecule has 2 unspecified atom stereocenters. The van der Waals surface area contributed by atoms with Gasteiger partial charge in [0.15, 0.2) is 0 Å². The van der Waals surface area contributed by atoms with E-state index in [4.69, 9.17) is 0 Å². The highest BCUT2D eigenvalue weighted by Gasteiger charge is 2.32. The predicted molar refractivity (Wildman–Crippen MR) is 116 cm³/mol. The summed E-state index contributed by atoms with van der Waals surface area (Å²) in [5.74, 6) is 0.483. The molecule has 29 heavy (non-hydrogen) atoms. The van der Waals surface area contributed by atoms with Gasteiger partial charge in [0.05, 0.1) is 11.2 Å². The summed E-state index contributed by atoms with van der Waals surface area (Å²) in [6.45, 7) is 2.42. The zero-order valence-corrected chi connectivity index (χ0v) is 16.5. The fraction of sp³-hybridized carbons (Fsp3) is 0.391. The summed E-state index contributed by atoms with van der Waals surface area (Å²) >= 11 is 0. The summed E-state index contributed by atoms with van der Waals surface area (Å²) in [6.07, 6.45) is 6.34. The van der Waals surface area contributed by atoms with Crippen LogP contribution < -0.4 is 10.6 Å². The summed E-state index contributed by atoms with van der Waals surface area (Å²) in [5.41, 5.74) is 3.73. The Hall–Kier alpha value is -2.86. The quantitative estimate of drug-likeness (QED) is 0.594. The lowest BCUT2D eigenvalue weighted by Gasteiger charge is -2.42. The van der Waals surface area contributed by atoms with Gasteiger partial charge in [-0.05, 0) is 69.1 Å². The molecule has 2 aliphatic heterocycles. The first-order valence-corrected chi connectivity index (χ1v) is 10.6. The number of amides is 2. The second kappa shape index (κ2) is 7.87. The Morgan fingerprint density at radius 2 is 1.86 bits per heavy atom.